The van der Waals surface area contributed by atoms with E-state index >= 15 is 0 Å². The molecule has 1 saturated heterocycles. The zero-order chi connectivity index (χ0) is 12.3. The van der Waals surface area contributed by atoms with Gasteiger partial charge in [-0.1, -0.05) is 22.9 Å². The molecule has 1 heterocycles. The van der Waals surface area contributed by atoms with Gasteiger partial charge >= 0.3 is 0 Å². The highest BCUT2D eigenvalue weighted by molar-refractivity contribution is 9.10. The van der Waals surface area contributed by atoms with Crippen LogP contribution in [0.2, 0.25) is 0 Å². The third-order valence-electron chi connectivity index (χ3n) is 3.54. The molecule has 1 aliphatic rings. The average molecular weight is 297 g/mol. The maximum atomic E-state index is 3.55. The van der Waals surface area contributed by atoms with Crippen molar-refractivity contribution in [2.75, 3.05) is 31.6 Å². The molecule has 1 aliphatic heterocycles. The van der Waals surface area contributed by atoms with Crippen molar-refractivity contribution in [2.45, 2.75) is 19.8 Å². The van der Waals surface area contributed by atoms with Gasteiger partial charge in [0.25, 0.3) is 0 Å². The molecule has 17 heavy (non-hydrogen) atoms. The van der Waals surface area contributed by atoms with Gasteiger partial charge in [-0.05, 0) is 56.1 Å². The highest BCUT2D eigenvalue weighted by Gasteiger charge is 2.23. The van der Waals surface area contributed by atoms with Crippen molar-refractivity contribution in [3.8, 4) is 0 Å². The van der Waals surface area contributed by atoms with Crippen LogP contribution in [0.25, 0.3) is 0 Å². The third kappa shape index (κ3) is 3.02. The molecule has 2 nitrogen and oxygen atoms in total. The van der Waals surface area contributed by atoms with E-state index in [1.807, 2.05) is 7.05 Å². The van der Waals surface area contributed by atoms with E-state index in [0.29, 0.717) is 0 Å². The largest absolute Gasteiger partial charge is 0.371 e. The van der Waals surface area contributed by atoms with E-state index in [4.69, 9.17) is 0 Å². The third-order valence-corrected chi connectivity index (χ3v) is 4.04. The molecular weight excluding hydrogens is 276 g/mol. The van der Waals surface area contributed by atoms with Crippen LogP contribution in [0.3, 0.4) is 0 Å². The van der Waals surface area contributed by atoms with Crippen LogP contribution in [-0.2, 0) is 6.42 Å². The normalized spacial score (nSPS) is 19.9. The van der Waals surface area contributed by atoms with E-state index in [1.54, 1.807) is 0 Å². The molecule has 2 rings (SSSR count). The zero-order valence-corrected chi connectivity index (χ0v) is 12.3. The van der Waals surface area contributed by atoms with Gasteiger partial charge in [0.1, 0.15) is 0 Å². The molecule has 94 valence electrons. The minimum Gasteiger partial charge on any atom is -0.371 e. The van der Waals surface area contributed by atoms with E-state index in [9.17, 15) is 0 Å². The highest BCUT2D eigenvalue weighted by atomic mass is 79.9. The van der Waals surface area contributed by atoms with Crippen LogP contribution >= 0.6 is 15.9 Å². The number of hydrogen-bond acceptors (Lipinski definition) is 2. The minimum absolute atomic E-state index is 0.799. The molecule has 1 fully saturated rings. The van der Waals surface area contributed by atoms with Gasteiger partial charge in [-0.15, -0.1) is 0 Å². The molecule has 0 amide bonds. The number of rotatable bonds is 4. The van der Waals surface area contributed by atoms with Crippen LogP contribution in [0.4, 0.5) is 5.69 Å². The van der Waals surface area contributed by atoms with Crippen molar-refractivity contribution in [1.29, 1.82) is 0 Å². The summed E-state index contributed by atoms with van der Waals surface area (Å²) in [7, 11) is 2.04. The Bertz CT molecular complexity index is 378. The molecule has 0 spiro atoms. The van der Waals surface area contributed by atoms with Gasteiger partial charge in [-0.25, -0.2) is 0 Å². The monoisotopic (exact) mass is 296 g/mol. The van der Waals surface area contributed by atoms with E-state index in [1.165, 1.54) is 35.2 Å². The Morgan fingerprint density at radius 1 is 1.47 bits per heavy atom. The van der Waals surface area contributed by atoms with E-state index in [0.717, 1.165) is 18.9 Å². The minimum atomic E-state index is 0.799. The van der Waals surface area contributed by atoms with Crippen molar-refractivity contribution in [3.05, 3.63) is 28.2 Å². The van der Waals surface area contributed by atoms with Crippen molar-refractivity contribution in [1.82, 2.24) is 5.32 Å². The van der Waals surface area contributed by atoms with Crippen molar-refractivity contribution >= 4 is 21.6 Å². The molecule has 0 radical (unpaired) electrons. The number of anilines is 1. The summed E-state index contributed by atoms with van der Waals surface area (Å²) in [5.74, 6) is 0.799. The fraction of sp³-hybridized carbons (Fsp3) is 0.571. The maximum Gasteiger partial charge on any atom is 0.0399 e. The maximum absolute atomic E-state index is 3.55. The molecule has 1 aromatic carbocycles. The highest BCUT2D eigenvalue weighted by Crippen LogP contribution is 2.29. The number of aryl methyl sites for hydroxylation is 1. The lowest BCUT2D eigenvalue weighted by atomic mass is 10.1. The zero-order valence-electron chi connectivity index (χ0n) is 10.7. The number of nitrogens with zero attached hydrogens (tertiary/aromatic N) is 1. The second-order valence-electron chi connectivity index (χ2n) is 4.78. The van der Waals surface area contributed by atoms with Crippen molar-refractivity contribution < 1.29 is 0 Å². The molecule has 0 saturated carbocycles. The summed E-state index contributed by atoms with van der Waals surface area (Å²) in [5, 5.41) is 3.29. The molecule has 1 N–H and O–H groups in total. The summed E-state index contributed by atoms with van der Waals surface area (Å²) in [6, 6.07) is 6.66. The van der Waals surface area contributed by atoms with Crippen LogP contribution < -0.4 is 10.2 Å². The number of halogens is 1. The molecule has 0 aliphatic carbocycles. The SMILES string of the molecule is CCc1cc(Br)ccc1N1CCC(CNC)C1. The van der Waals surface area contributed by atoms with Gasteiger partial charge in [0.15, 0.2) is 0 Å². The summed E-state index contributed by atoms with van der Waals surface area (Å²) in [4.78, 5) is 2.54. The summed E-state index contributed by atoms with van der Waals surface area (Å²) >= 11 is 3.55. The second kappa shape index (κ2) is 5.87. The van der Waals surface area contributed by atoms with E-state index in [2.05, 4.69) is 51.3 Å². The quantitative estimate of drug-likeness (QED) is 0.919. The van der Waals surface area contributed by atoms with Crippen molar-refractivity contribution in [3.63, 3.8) is 0 Å². The average Bonchev–Trinajstić information content (AvgIpc) is 2.78. The first-order valence-electron chi connectivity index (χ1n) is 6.42. The van der Waals surface area contributed by atoms with Gasteiger partial charge < -0.3 is 10.2 Å². The van der Waals surface area contributed by atoms with E-state index < -0.39 is 0 Å². The molecule has 0 aromatic heterocycles. The molecule has 0 bridgehead atoms. The Morgan fingerprint density at radius 3 is 3.00 bits per heavy atom. The first-order valence-corrected chi connectivity index (χ1v) is 7.22. The molecule has 1 unspecified atom stereocenters. The van der Waals surface area contributed by atoms with Crippen molar-refractivity contribution in [2.24, 2.45) is 5.92 Å². The molecule has 1 atom stereocenters. The lowest BCUT2D eigenvalue weighted by Gasteiger charge is -2.22. The lowest BCUT2D eigenvalue weighted by molar-refractivity contribution is 0.549. The van der Waals surface area contributed by atoms with Gasteiger partial charge in [0, 0.05) is 23.2 Å². The molecule has 3 heteroatoms. The lowest BCUT2D eigenvalue weighted by Crippen LogP contribution is -2.24. The second-order valence-corrected chi connectivity index (χ2v) is 5.70. The Balaban J connectivity index is 2.12. The summed E-state index contributed by atoms with van der Waals surface area (Å²) in [5.41, 5.74) is 2.87. The number of benzene rings is 1. The topological polar surface area (TPSA) is 15.3 Å². The van der Waals surface area contributed by atoms with Crippen LogP contribution in [0.1, 0.15) is 18.9 Å². The number of nitrogens with one attached hydrogen (secondary N) is 1. The van der Waals surface area contributed by atoms with Crippen LogP contribution in [0.15, 0.2) is 22.7 Å². The summed E-state index contributed by atoms with van der Waals surface area (Å²) in [6.07, 6.45) is 2.40. The number of hydrogen-bond donors (Lipinski definition) is 1. The fourth-order valence-electron chi connectivity index (χ4n) is 2.65. The van der Waals surface area contributed by atoms with Gasteiger partial charge in [0.2, 0.25) is 0 Å². The Labute approximate surface area is 113 Å². The molecule has 1 aromatic rings. The molecular formula is C14H21BrN2. The fourth-order valence-corrected chi connectivity index (χ4v) is 3.06. The Hall–Kier alpha value is -0.540. The first-order chi connectivity index (χ1) is 8.24. The predicted molar refractivity (Wildman–Crippen MR) is 77.8 cm³/mol. The Kier molecular flexibility index (Phi) is 4.46. The summed E-state index contributed by atoms with van der Waals surface area (Å²) < 4.78 is 1.18. The van der Waals surface area contributed by atoms with Crippen LogP contribution in [0.5, 0.6) is 0 Å². The predicted octanol–water partition coefficient (Wildman–Crippen LogP) is 3.06. The van der Waals surface area contributed by atoms with Crippen LogP contribution in [0, 0.1) is 5.92 Å². The van der Waals surface area contributed by atoms with Crippen LogP contribution in [-0.4, -0.2) is 26.7 Å². The van der Waals surface area contributed by atoms with Gasteiger partial charge in [-0.3, -0.25) is 0 Å². The van der Waals surface area contributed by atoms with Gasteiger partial charge in [-0.2, -0.15) is 0 Å². The van der Waals surface area contributed by atoms with E-state index in [-0.39, 0.29) is 0 Å². The summed E-state index contributed by atoms with van der Waals surface area (Å²) in [6.45, 7) is 5.75. The first kappa shape index (κ1) is 12.9. The smallest absolute Gasteiger partial charge is 0.0399 e. The Morgan fingerprint density at radius 2 is 2.29 bits per heavy atom. The standard InChI is InChI=1S/C14H21BrN2/c1-3-12-8-13(15)4-5-14(12)17-7-6-11(10-17)9-16-2/h4-5,8,11,16H,3,6-7,9-10H2,1-2H3. The van der Waals surface area contributed by atoms with Gasteiger partial charge in [0.05, 0.1) is 0 Å².